The van der Waals surface area contributed by atoms with Crippen LogP contribution in [0.25, 0.3) is 0 Å². The molecule has 2 aliphatic rings. The quantitative estimate of drug-likeness (QED) is 0.789. The Balaban J connectivity index is 1.82. The van der Waals surface area contributed by atoms with Gasteiger partial charge in [0.25, 0.3) is 0 Å². The summed E-state index contributed by atoms with van der Waals surface area (Å²) in [5, 5.41) is 3.51. The van der Waals surface area contributed by atoms with Crippen molar-refractivity contribution in [3.8, 4) is 0 Å². The van der Waals surface area contributed by atoms with E-state index in [9.17, 15) is 4.79 Å². The van der Waals surface area contributed by atoms with Gasteiger partial charge in [-0.2, -0.15) is 0 Å². The van der Waals surface area contributed by atoms with Gasteiger partial charge >= 0.3 is 0 Å². The van der Waals surface area contributed by atoms with E-state index in [4.69, 9.17) is 5.73 Å². The molecule has 4 heteroatoms. The van der Waals surface area contributed by atoms with Crippen molar-refractivity contribution >= 4 is 5.91 Å². The molecule has 3 atom stereocenters. The molecule has 1 saturated heterocycles. The number of likely N-dealkylation sites (tertiary alicyclic amines) is 1. The van der Waals surface area contributed by atoms with Gasteiger partial charge in [-0.05, 0) is 51.5 Å². The molecule has 4 nitrogen and oxygen atoms in total. The summed E-state index contributed by atoms with van der Waals surface area (Å²) >= 11 is 0. The van der Waals surface area contributed by atoms with Gasteiger partial charge < -0.3 is 16.0 Å². The van der Waals surface area contributed by atoms with Crippen molar-refractivity contribution < 1.29 is 4.79 Å². The fraction of sp³-hybridized carbons (Fsp3) is 0.929. The minimum absolute atomic E-state index is 0.0553. The molecule has 0 bridgehead atoms. The molecule has 2 rings (SSSR count). The Labute approximate surface area is 110 Å². The lowest BCUT2D eigenvalue weighted by Gasteiger charge is -2.31. The van der Waals surface area contributed by atoms with Crippen LogP contribution in [-0.4, -0.2) is 42.5 Å². The molecule has 1 amide bonds. The number of piperidine rings is 1. The summed E-state index contributed by atoms with van der Waals surface area (Å²) in [6.45, 7) is 4.62. The van der Waals surface area contributed by atoms with E-state index in [1.54, 1.807) is 0 Å². The van der Waals surface area contributed by atoms with Crippen LogP contribution in [0.4, 0.5) is 0 Å². The van der Waals surface area contributed by atoms with Crippen LogP contribution >= 0.6 is 0 Å². The summed E-state index contributed by atoms with van der Waals surface area (Å²) in [5.41, 5.74) is 5.78. The van der Waals surface area contributed by atoms with Gasteiger partial charge in [0.15, 0.2) is 0 Å². The summed E-state index contributed by atoms with van der Waals surface area (Å²) in [5.74, 6) is 0.832. The van der Waals surface area contributed by atoms with Crippen molar-refractivity contribution in [1.82, 2.24) is 10.2 Å². The third kappa shape index (κ3) is 3.23. The average molecular weight is 253 g/mol. The molecule has 0 aromatic carbocycles. The Bertz CT molecular complexity index is 276. The number of nitrogens with one attached hydrogen (secondary N) is 1. The molecule has 104 valence electrons. The molecule has 1 saturated carbocycles. The molecule has 0 spiro atoms. The van der Waals surface area contributed by atoms with E-state index in [1.807, 2.05) is 11.8 Å². The van der Waals surface area contributed by atoms with Crippen LogP contribution in [0.3, 0.4) is 0 Å². The van der Waals surface area contributed by atoms with Crippen LogP contribution in [0.1, 0.15) is 45.4 Å². The number of hydrogen-bond donors (Lipinski definition) is 2. The van der Waals surface area contributed by atoms with E-state index in [-0.39, 0.29) is 11.9 Å². The Hall–Kier alpha value is -0.610. The van der Waals surface area contributed by atoms with Gasteiger partial charge in [-0.25, -0.2) is 0 Å². The number of rotatable bonds is 4. The van der Waals surface area contributed by atoms with Crippen LogP contribution in [0.15, 0.2) is 0 Å². The summed E-state index contributed by atoms with van der Waals surface area (Å²) < 4.78 is 0. The van der Waals surface area contributed by atoms with Crippen LogP contribution in [0.2, 0.25) is 0 Å². The van der Waals surface area contributed by atoms with E-state index in [1.165, 1.54) is 25.7 Å². The van der Waals surface area contributed by atoms with Crippen LogP contribution in [-0.2, 0) is 4.79 Å². The third-order valence-electron chi connectivity index (χ3n) is 4.46. The van der Waals surface area contributed by atoms with Crippen LogP contribution < -0.4 is 11.1 Å². The lowest BCUT2D eigenvalue weighted by Crippen LogP contribution is -2.51. The summed E-state index contributed by atoms with van der Waals surface area (Å²) in [7, 11) is 0. The largest absolute Gasteiger partial charge is 0.341 e. The zero-order valence-electron chi connectivity index (χ0n) is 11.5. The monoisotopic (exact) mass is 253 g/mol. The lowest BCUT2D eigenvalue weighted by molar-refractivity contribution is -0.134. The highest BCUT2D eigenvalue weighted by Gasteiger charge is 2.30. The van der Waals surface area contributed by atoms with Gasteiger partial charge in [0.2, 0.25) is 5.91 Å². The first-order valence-corrected chi connectivity index (χ1v) is 7.47. The molecular weight excluding hydrogens is 226 g/mol. The zero-order valence-corrected chi connectivity index (χ0v) is 11.5. The topological polar surface area (TPSA) is 58.4 Å². The standard InChI is InChI=1S/C14H27N3O/c1-11(14(18)17-8-3-2-4-9-17)16-13-7-5-6-12(13)10-15/h11-13,16H,2-10,15H2,1H3. The second kappa shape index (κ2) is 6.53. The number of nitrogens with two attached hydrogens (primary N) is 1. The maximum Gasteiger partial charge on any atom is 0.239 e. The van der Waals surface area contributed by atoms with E-state index in [0.29, 0.717) is 12.0 Å². The minimum Gasteiger partial charge on any atom is -0.341 e. The van der Waals surface area contributed by atoms with Crippen molar-refractivity contribution in [3.63, 3.8) is 0 Å². The molecule has 0 aromatic rings. The fourth-order valence-corrected chi connectivity index (χ4v) is 3.32. The second-order valence-corrected chi connectivity index (χ2v) is 5.81. The van der Waals surface area contributed by atoms with Crippen molar-refractivity contribution in [2.45, 2.75) is 57.5 Å². The second-order valence-electron chi connectivity index (χ2n) is 5.81. The third-order valence-corrected chi connectivity index (χ3v) is 4.46. The highest BCUT2D eigenvalue weighted by atomic mass is 16.2. The van der Waals surface area contributed by atoms with E-state index < -0.39 is 0 Å². The van der Waals surface area contributed by atoms with E-state index in [0.717, 1.165) is 32.5 Å². The first-order chi connectivity index (χ1) is 8.72. The summed E-state index contributed by atoms with van der Waals surface area (Å²) in [4.78, 5) is 14.3. The molecule has 18 heavy (non-hydrogen) atoms. The summed E-state index contributed by atoms with van der Waals surface area (Å²) in [6, 6.07) is 0.388. The molecule has 3 N–H and O–H groups in total. The van der Waals surface area contributed by atoms with Crippen molar-refractivity contribution in [2.24, 2.45) is 11.7 Å². The number of carbonyl (C=O) groups is 1. The van der Waals surface area contributed by atoms with Gasteiger partial charge in [0, 0.05) is 19.1 Å². The predicted molar refractivity (Wildman–Crippen MR) is 73.2 cm³/mol. The minimum atomic E-state index is -0.0553. The maximum atomic E-state index is 12.3. The molecular formula is C14H27N3O. The smallest absolute Gasteiger partial charge is 0.239 e. The van der Waals surface area contributed by atoms with Gasteiger partial charge in [0.1, 0.15) is 0 Å². The van der Waals surface area contributed by atoms with Gasteiger partial charge in [-0.3, -0.25) is 4.79 Å². The molecule has 1 aliphatic carbocycles. The molecule has 0 aromatic heterocycles. The maximum absolute atomic E-state index is 12.3. The van der Waals surface area contributed by atoms with Crippen LogP contribution in [0, 0.1) is 5.92 Å². The fourth-order valence-electron chi connectivity index (χ4n) is 3.32. The Morgan fingerprint density at radius 1 is 1.28 bits per heavy atom. The first-order valence-electron chi connectivity index (χ1n) is 7.47. The normalized spacial score (nSPS) is 30.4. The van der Waals surface area contributed by atoms with E-state index in [2.05, 4.69) is 5.32 Å². The molecule has 0 radical (unpaired) electrons. The van der Waals surface area contributed by atoms with Crippen molar-refractivity contribution in [2.75, 3.05) is 19.6 Å². The Kier molecular flexibility index (Phi) is 5.01. The van der Waals surface area contributed by atoms with Gasteiger partial charge in [0.05, 0.1) is 6.04 Å². The van der Waals surface area contributed by atoms with Crippen molar-refractivity contribution in [1.29, 1.82) is 0 Å². The van der Waals surface area contributed by atoms with Crippen LogP contribution in [0.5, 0.6) is 0 Å². The van der Waals surface area contributed by atoms with E-state index >= 15 is 0 Å². The molecule has 3 unspecified atom stereocenters. The highest BCUT2D eigenvalue weighted by molar-refractivity contribution is 5.81. The van der Waals surface area contributed by atoms with Crippen molar-refractivity contribution in [3.05, 3.63) is 0 Å². The predicted octanol–water partition coefficient (Wildman–Crippen LogP) is 1.10. The first kappa shape index (κ1) is 13.8. The van der Waals surface area contributed by atoms with Gasteiger partial charge in [-0.1, -0.05) is 6.42 Å². The highest BCUT2D eigenvalue weighted by Crippen LogP contribution is 2.25. The number of hydrogen-bond acceptors (Lipinski definition) is 3. The molecule has 2 fully saturated rings. The Morgan fingerprint density at radius 2 is 2.00 bits per heavy atom. The zero-order chi connectivity index (χ0) is 13.0. The molecule has 1 heterocycles. The number of nitrogens with zero attached hydrogens (tertiary/aromatic N) is 1. The Morgan fingerprint density at radius 3 is 2.67 bits per heavy atom. The molecule has 1 aliphatic heterocycles. The average Bonchev–Trinajstić information content (AvgIpc) is 2.86. The lowest BCUT2D eigenvalue weighted by atomic mass is 10.0. The SMILES string of the molecule is CC(NC1CCCC1CN)C(=O)N1CCCCC1. The number of carbonyl (C=O) groups excluding carboxylic acids is 1. The number of amides is 1. The van der Waals surface area contributed by atoms with Gasteiger partial charge in [-0.15, -0.1) is 0 Å². The summed E-state index contributed by atoms with van der Waals surface area (Å²) in [6.07, 6.45) is 7.20.